The van der Waals surface area contributed by atoms with E-state index in [0.717, 1.165) is 22.6 Å². The molecule has 4 rings (SSSR count). The van der Waals surface area contributed by atoms with E-state index in [-0.39, 0.29) is 5.78 Å². The van der Waals surface area contributed by atoms with Crippen molar-refractivity contribution in [3.05, 3.63) is 102 Å². The van der Waals surface area contributed by atoms with E-state index in [4.69, 9.17) is 0 Å². The topological polar surface area (TPSA) is 22.0 Å². The molecule has 0 fully saturated rings. The fourth-order valence-electron chi connectivity index (χ4n) is 3.42. The van der Waals surface area contributed by atoms with Crippen LogP contribution >= 0.6 is 0 Å². The lowest BCUT2D eigenvalue weighted by molar-refractivity contribution is 0.101. The molecule has 0 bridgehead atoms. The van der Waals surface area contributed by atoms with Gasteiger partial charge in [0.15, 0.2) is 5.78 Å². The number of hydrogen-bond acceptors (Lipinski definition) is 1. The number of benzene rings is 3. The predicted molar refractivity (Wildman–Crippen MR) is 111 cm³/mol. The van der Waals surface area contributed by atoms with Gasteiger partial charge in [-0.25, -0.2) is 0 Å². The maximum atomic E-state index is 11.5. The van der Waals surface area contributed by atoms with E-state index in [2.05, 4.69) is 72.2 Å². The van der Waals surface area contributed by atoms with Gasteiger partial charge in [-0.1, -0.05) is 54.6 Å². The summed E-state index contributed by atoms with van der Waals surface area (Å²) in [5.41, 5.74) is 7.69. The van der Waals surface area contributed by atoms with Gasteiger partial charge in [-0.05, 0) is 66.9 Å². The number of Topliss-reactive ketones (excluding diaryl/α,β-unsaturated/α-hetero) is 1. The van der Waals surface area contributed by atoms with Crippen molar-refractivity contribution in [2.45, 2.75) is 13.8 Å². The molecular weight excluding hydrogens is 330 g/mol. The van der Waals surface area contributed by atoms with Gasteiger partial charge < -0.3 is 4.57 Å². The van der Waals surface area contributed by atoms with Gasteiger partial charge in [0.25, 0.3) is 0 Å². The maximum Gasteiger partial charge on any atom is 0.159 e. The Balaban J connectivity index is 1.72. The maximum absolute atomic E-state index is 11.5. The van der Waals surface area contributed by atoms with Gasteiger partial charge in [0, 0.05) is 16.9 Å². The number of aryl methyl sites for hydroxylation is 1. The van der Waals surface area contributed by atoms with E-state index in [1.54, 1.807) is 6.92 Å². The molecule has 0 saturated carbocycles. The highest BCUT2D eigenvalue weighted by Crippen LogP contribution is 2.29. The average molecular weight is 351 g/mol. The Bertz CT molecular complexity index is 1070. The number of aromatic nitrogens is 1. The minimum Gasteiger partial charge on any atom is -0.314 e. The molecule has 1 heterocycles. The van der Waals surface area contributed by atoms with Crippen LogP contribution in [0.5, 0.6) is 0 Å². The lowest BCUT2D eigenvalue weighted by atomic mass is 10.0. The Kier molecular flexibility index (Phi) is 4.47. The van der Waals surface area contributed by atoms with Crippen LogP contribution in [0.3, 0.4) is 0 Å². The minimum absolute atomic E-state index is 0.0857. The molecule has 0 aliphatic carbocycles. The highest BCUT2D eigenvalue weighted by molar-refractivity contribution is 5.94. The molecule has 0 N–H and O–H groups in total. The van der Waals surface area contributed by atoms with Crippen molar-refractivity contribution < 1.29 is 4.79 Å². The monoisotopic (exact) mass is 351 g/mol. The Hall–Kier alpha value is -3.39. The van der Waals surface area contributed by atoms with E-state index >= 15 is 0 Å². The molecule has 0 aliphatic rings. The number of nitrogens with zero attached hydrogens (tertiary/aromatic N) is 1. The second-order valence-corrected chi connectivity index (χ2v) is 6.74. The molecular formula is C25H21NO. The first-order valence-corrected chi connectivity index (χ1v) is 9.09. The van der Waals surface area contributed by atoms with Gasteiger partial charge in [-0.3, -0.25) is 4.79 Å². The lowest BCUT2D eigenvalue weighted by Gasteiger charge is -2.13. The zero-order chi connectivity index (χ0) is 18.8. The van der Waals surface area contributed by atoms with Crippen LogP contribution in [-0.4, -0.2) is 10.4 Å². The molecule has 0 radical (unpaired) electrons. The number of rotatable bonds is 4. The van der Waals surface area contributed by atoms with Crippen LogP contribution in [-0.2, 0) is 0 Å². The average Bonchev–Trinajstić information content (AvgIpc) is 3.10. The zero-order valence-electron chi connectivity index (χ0n) is 15.5. The van der Waals surface area contributed by atoms with Crippen LogP contribution in [0.2, 0.25) is 0 Å². The van der Waals surface area contributed by atoms with Crippen molar-refractivity contribution in [2.24, 2.45) is 0 Å². The van der Waals surface area contributed by atoms with E-state index in [9.17, 15) is 4.79 Å². The zero-order valence-corrected chi connectivity index (χ0v) is 15.5. The first kappa shape index (κ1) is 17.0. The van der Waals surface area contributed by atoms with Gasteiger partial charge in [0.05, 0.1) is 5.69 Å². The summed E-state index contributed by atoms with van der Waals surface area (Å²) >= 11 is 0. The molecule has 2 heteroatoms. The quantitative estimate of drug-likeness (QED) is 0.394. The highest BCUT2D eigenvalue weighted by Gasteiger charge is 2.10. The van der Waals surface area contributed by atoms with Gasteiger partial charge in [-0.15, -0.1) is 0 Å². The summed E-state index contributed by atoms with van der Waals surface area (Å²) in [5.74, 6) is 0.0857. The van der Waals surface area contributed by atoms with E-state index < -0.39 is 0 Å². The number of carbonyl (C=O) groups is 1. The van der Waals surface area contributed by atoms with Crippen molar-refractivity contribution in [3.8, 4) is 28.1 Å². The SMILES string of the molecule is CC(=O)c1ccc(-n2c(C)ccc2-c2ccc(-c3ccccc3)cc2)cc1. The second kappa shape index (κ2) is 7.08. The normalized spacial score (nSPS) is 10.7. The van der Waals surface area contributed by atoms with Crippen LogP contribution in [0, 0.1) is 6.92 Å². The molecule has 0 amide bonds. The van der Waals surface area contributed by atoms with Crippen LogP contribution in [0.15, 0.2) is 91.0 Å². The Morgan fingerprint density at radius 3 is 1.89 bits per heavy atom. The minimum atomic E-state index is 0.0857. The van der Waals surface area contributed by atoms with E-state index in [1.807, 2.05) is 30.3 Å². The fourth-order valence-corrected chi connectivity index (χ4v) is 3.42. The largest absolute Gasteiger partial charge is 0.314 e. The van der Waals surface area contributed by atoms with Crippen molar-refractivity contribution in [3.63, 3.8) is 0 Å². The third kappa shape index (κ3) is 3.34. The highest BCUT2D eigenvalue weighted by atomic mass is 16.1. The fraction of sp³-hybridized carbons (Fsp3) is 0.0800. The Morgan fingerprint density at radius 2 is 1.26 bits per heavy atom. The molecule has 2 nitrogen and oxygen atoms in total. The molecule has 0 aliphatic heterocycles. The van der Waals surface area contributed by atoms with Crippen molar-refractivity contribution >= 4 is 5.78 Å². The first-order valence-electron chi connectivity index (χ1n) is 9.09. The van der Waals surface area contributed by atoms with Crippen LogP contribution in [0.25, 0.3) is 28.1 Å². The molecule has 0 spiro atoms. The van der Waals surface area contributed by atoms with Gasteiger partial charge in [-0.2, -0.15) is 0 Å². The summed E-state index contributed by atoms with van der Waals surface area (Å²) in [6, 6.07) is 31.1. The summed E-state index contributed by atoms with van der Waals surface area (Å²) in [6.45, 7) is 3.69. The molecule has 0 unspecified atom stereocenters. The number of hydrogen-bond donors (Lipinski definition) is 0. The van der Waals surface area contributed by atoms with Gasteiger partial charge in [0.1, 0.15) is 0 Å². The standard InChI is InChI=1S/C25H21NO/c1-18-8-17-25(26(18)24-15-13-20(14-16-24)19(2)27)23-11-9-22(10-12-23)21-6-4-3-5-7-21/h3-17H,1-2H3. The van der Waals surface area contributed by atoms with Crippen molar-refractivity contribution in [1.29, 1.82) is 0 Å². The Morgan fingerprint density at radius 1 is 0.667 bits per heavy atom. The second-order valence-electron chi connectivity index (χ2n) is 6.74. The smallest absolute Gasteiger partial charge is 0.159 e. The summed E-state index contributed by atoms with van der Waals surface area (Å²) in [5, 5.41) is 0. The number of carbonyl (C=O) groups excluding carboxylic acids is 1. The van der Waals surface area contributed by atoms with Crippen LogP contribution in [0.1, 0.15) is 23.0 Å². The summed E-state index contributed by atoms with van der Waals surface area (Å²) < 4.78 is 2.22. The molecule has 0 atom stereocenters. The molecule has 4 aromatic rings. The van der Waals surface area contributed by atoms with Crippen LogP contribution < -0.4 is 0 Å². The number of ketones is 1. The van der Waals surface area contributed by atoms with Gasteiger partial charge in [0.2, 0.25) is 0 Å². The Labute approximate surface area is 159 Å². The van der Waals surface area contributed by atoms with E-state index in [1.165, 1.54) is 16.7 Å². The molecule has 132 valence electrons. The van der Waals surface area contributed by atoms with Gasteiger partial charge >= 0.3 is 0 Å². The summed E-state index contributed by atoms with van der Waals surface area (Å²) in [6.07, 6.45) is 0. The molecule has 27 heavy (non-hydrogen) atoms. The van der Waals surface area contributed by atoms with E-state index in [0.29, 0.717) is 0 Å². The molecule has 3 aromatic carbocycles. The predicted octanol–water partition coefficient (Wildman–Crippen LogP) is 6.32. The van der Waals surface area contributed by atoms with Crippen molar-refractivity contribution in [2.75, 3.05) is 0 Å². The van der Waals surface area contributed by atoms with Crippen LogP contribution in [0.4, 0.5) is 0 Å². The molecule has 1 aromatic heterocycles. The third-order valence-electron chi connectivity index (χ3n) is 4.90. The van der Waals surface area contributed by atoms with Crippen molar-refractivity contribution in [1.82, 2.24) is 4.57 Å². The summed E-state index contributed by atoms with van der Waals surface area (Å²) in [4.78, 5) is 11.5. The first-order chi connectivity index (χ1) is 13.1. The summed E-state index contributed by atoms with van der Waals surface area (Å²) in [7, 11) is 0. The third-order valence-corrected chi connectivity index (χ3v) is 4.90. The molecule has 0 saturated heterocycles. The lowest BCUT2D eigenvalue weighted by Crippen LogP contribution is -2.00.